The highest BCUT2D eigenvalue weighted by Gasteiger charge is 2.31. The number of carboxylic acids is 3. The second kappa shape index (κ2) is 11.6. The second-order valence-corrected chi connectivity index (χ2v) is 6.41. The van der Waals surface area contributed by atoms with E-state index < -0.39 is 73.1 Å². The molecule has 162 valence electrons. The van der Waals surface area contributed by atoms with Crippen LogP contribution in [-0.2, 0) is 28.8 Å². The minimum atomic E-state index is -1.60. The Balaban J connectivity index is 2.83. The van der Waals surface area contributed by atoms with E-state index in [9.17, 15) is 28.8 Å². The molecule has 0 spiro atoms. The Morgan fingerprint density at radius 1 is 0.897 bits per heavy atom. The van der Waals surface area contributed by atoms with Crippen molar-refractivity contribution in [2.75, 3.05) is 13.1 Å². The predicted octanol–water partition coefficient (Wildman–Crippen LogP) is -2.75. The van der Waals surface area contributed by atoms with Gasteiger partial charge in [-0.3, -0.25) is 28.8 Å². The molecule has 13 heteroatoms. The van der Waals surface area contributed by atoms with Gasteiger partial charge in [-0.05, 0) is 25.8 Å². The minimum Gasteiger partial charge on any atom is -0.481 e. The third kappa shape index (κ3) is 9.01. The monoisotopic (exact) mass is 416 g/mol. The lowest BCUT2D eigenvalue weighted by atomic mass is 10.1. The number of nitrogens with one attached hydrogen (secondary N) is 4. The molecular weight excluding hydrogens is 392 g/mol. The fourth-order valence-corrected chi connectivity index (χ4v) is 2.66. The Morgan fingerprint density at radius 2 is 1.59 bits per heavy atom. The average molecular weight is 416 g/mol. The molecule has 3 amide bonds. The number of carbonyl (C=O) groups is 6. The third-order valence-corrected chi connectivity index (χ3v) is 4.08. The molecule has 1 aliphatic heterocycles. The van der Waals surface area contributed by atoms with Crippen LogP contribution in [-0.4, -0.2) is 82.2 Å². The van der Waals surface area contributed by atoms with Gasteiger partial charge in [0.1, 0.15) is 18.6 Å². The lowest BCUT2D eigenvalue weighted by Gasteiger charge is -2.23. The number of hydrogen-bond donors (Lipinski definition) is 7. The molecule has 0 radical (unpaired) electrons. The molecule has 3 unspecified atom stereocenters. The molecule has 0 aliphatic carbocycles. The molecule has 7 N–H and O–H groups in total. The van der Waals surface area contributed by atoms with E-state index in [1.807, 2.05) is 5.32 Å². The van der Waals surface area contributed by atoms with E-state index in [-0.39, 0.29) is 6.42 Å². The minimum absolute atomic E-state index is 0.282. The van der Waals surface area contributed by atoms with Crippen LogP contribution in [0.2, 0.25) is 0 Å². The molecule has 1 aliphatic rings. The van der Waals surface area contributed by atoms with E-state index in [2.05, 4.69) is 16.0 Å². The Hall–Kier alpha value is -3.22. The van der Waals surface area contributed by atoms with Crippen molar-refractivity contribution in [3.05, 3.63) is 0 Å². The summed E-state index contributed by atoms with van der Waals surface area (Å²) < 4.78 is 0. The van der Waals surface area contributed by atoms with E-state index in [1.54, 1.807) is 0 Å². The molecule has 0 aromatic rings. The summed E-state index contributed by atoms with van der Waals surface area (Å²) in [5.74, 6) is -6.51. The van der Waals surface area contributed by atoms with E-state index in [0.29, 0.717) is 13.0 Å². The fraction of sp³-hybridized carbons (Fsp3) is 0.625. The molecule has 29 heavy (non-hydrogen) atoms. The number of rotatable bonds is 12. The van der Waals surface area contributed by atoms with Gasteiger partial charge in [0.25, 0.3) is 0 Å². The van der Waals surface area contributed by atoms with Gasteiger partial charge in [0.15, 0.2) is 0 Å². The largest absolute Gasteiger partial charge is 0.481 e. The Morgan fingerprint density at radius 3 is 2.10 bits per heavy atom. The number of hydrogen-bond acceptors (Lipinski definition) is 7. The molecule has 0 aromatic carbocycles. The molecule has 0 aromatic heterocycles. The smallest absolute Gasteiger partial charge is 0.322 e. The standard InChI is InChI=1S/C16H24N4O9/c21-11(22)4-3-9(19-15(28)8-2-1-5-17-8)16(29)20-10(6-12(23)24)14(27)18-7-13(25)26/h8-10,17H,1-7H2,(H,18,27)(H,19,28)(H,20,29)(H,21,22)(H,23,24)(H,25,26). The van der Waals surface area contributed by atoms with Crippen LogP contribution < -0.4 is 21.3 Å². The van der Waals surface area contributed by atoms with Crippen LogP contribution in [0.1, 0.15) is 32.1 Å². The molecule has 0 bridgehead atoms. The van der Waals surface area contributed by atoms with E-state index in [0.717, 1.165) is 6.42 Å². The van der Waals surface area contributed by atoms with Crippen molar-refractivity contribution in [1.82, 2.24) is 21.3 Å². The normalized spacial score (nSPS) is 17.6. The van der Waals surface area contributed by atoms with Crippen molar-refractivity contribution in [2.45, 2.75) is 50.2 Å². The average Bonchev–Trinajstić information content (AvgIpc) is 3.16. The van der Waals surface area contributed by atoms with Gasteiger partial charge < -0.3 is 36.6 Å². The maximum Gasteiger partial charge on any atom is 0.322 e. The van der Waals surface area contributed by atoms with E-state index in [4.69, 9.17) is 15.3 Å². The maximum absolute atomic E-state index is 12.5. The van der Waals surface area contributed by atoms with Gasteiger partial charge in [0.05, 0.1) is 12.5 Å². The van der Waals surface area contributed by atoms with Crippen molar-refractivity contribution in [3.8, 4) is 0 Å². The summed E-state index contributed by atoms with van der Waals surface area (Å²) in [6, 6.07) is -3.46. The van der Waals surface area contributed by atoms with Gasteiger partial charge in [-0.2, -0.15) is 0 Å². The fourth-order valence-electron chi connectivity index (χ4n) is 2.66. The molecule has 1 rings (SSSR count). The molecule has 1 heterocycles. The van der Waals surface area contributed by atoms with Crippen molar-refractivity contribution < 1.29 is 44.1 Å². The zero-order chi connectivity index (χ0) is 22.0. The zero-order valence-electron chi connectivity index (χ0n) is 15.5. The quantitative estimate of drug-likeness (QED) is 0.174. The molecule has 13 nitrogen and oxygen atoms in total. The summed E-state index contributed by atoms with van der Waals surface area (Å²) in [7, 11) is 0. The van der Waals surface area contributed by atoms with Gasteiger partial charge >= 0.3 is 17.9 Å². The summed E-state index contributed by atoms with van der Waals surface area (Å²) in [5.41, 5.74) is 0. The van der Waals surface area contributed by atoms with Crippen LogP contribution in [0.15, 0.2) is 0 Å². The number of carbonyl (C=O) groups excluding carboxylic acids is 3. The summed E-state index contributed by atoms with van der Waals surface area (Å²) in [5, 5.41) is 35.8. The lowest BCUT2D eigenvalue weighted by molar-refractivity contribution is -0.141. The van der Waals surface area contributed by atoms with Gasteiger partial charge in [0.2, 0.25) is 17.7 Å². The third-order valence-electron chi connectivity index (χ3n) is 4.08. The van der Waals surface area contributed by atoms with E-state index >= 15 is 0 Å². The predicted molar refractivity (Wildman–Crippen MR) is 94.7 cm³/mol. The van der Waals surface area contributed by atoms with Crippen LogP contribution in [0.3, 0.4) is 0 Å². The first-order chi connectivity index (χ1) is 13.6. The second-order valence-electron chi connectivity index (χ2n) is 6.41. The summed E-state index contributed by atoms with van der Waals surface area (Å²) in [4.78, 5) is 69.1. The van der Waals surface area contributed by atoms with Gasteiger partial charge in [-0.25, -0.2) is 0 Å². The van der Waals surface area contributed by atoms with Crippen LogP contribution in [0.25, 0.3) is 0 Å². The van der Waals surface area contributed by atoms with Crippen LogP contribution in [0.5, 0.6) is 0 Å². The summed E-state index contributed by atoms with van der Waals surface area (Å²) in [6.45, 7) is -0.161. The van der Waals surface area contributed by atoms with Gasteiger partial charge in [0, 0.05) is 6.42 Å². The summed E-state index contributed by atoms with van der Waals surface area (Å²) >= 11 is 0. The van der Waals surface area contributed by atoms with Crippen molar-refractivity contribution in [2.24, 2.45) is 0 Å². The van der Waals surface area contributed by atoms with Crippen molar-refractivity contribution in [3.63, 3.8) is 0 Å². The first kappa shape index (κ1) is 23.8. The van der Waals surface area contributed by atoms with Gasteiger partial charge in [-0.15, -0.1) is 0 Å². The lowest BCUT2D eigenvalue weighted by Crippen LogP contribution is -2.56. The number of amides is 3. The topological polar surface area (TPSA) is 211 Å². The molecule has 1 saturated heterocycles. The van der Waals surface area contributed by atoms with E-state index in [1.165, 1.54) is 0 Å². The summed E-state index contributed by atoms with van der Waals surface area (Å²) in [6.07, 6.45) is -0.269. The first-order valence-corrected chi connectivity index (χ1v) is 8.87. The molecule has 1 fully saturated rings. The first-order valence-electron chi connectivity index (χ1n) is 8.87. The van der Waals surface area contributed by atoms with Crippen LogP contribution in [0, 0.1) is 0 Å². The van der Waals surface area contributed by atoms with Crippen LogP contribution in [0.4, 0.5) is 0 Å². The van der Waals surface area contributed by atoms with Crippen molar-refractivity contribution in [1.29, 1.82) is 0 Å². The SMILES string of the molecule is O=C(O)CCC(NC(=O)C1CCCN1)C(=O)NC(CC(=O)O)C(=O)NCC(=O)O. The highest BCUT2D eigenvalue weighted by molar-refractivity contribution is 5.95. The van der Waals surface area contributed by atoms with Gasteiger partial charge in [-0.1, -0.05) is 0 Å². The Labute approximate surface area is 165 Å². The highest BCUT2D eigenvalue weighted by Crippen LogP contribution is 2.07. The van der Waals surface area contributed by atoms with Crippen molar-refractivity contribution >= 4 is 35.6 Å². The molecule has 3 atom stereocenters. The number of aliphatic carboxylic acids is 3. The highest BCUT2D eigenvalue weighted by atomic mass is 16.4. The molecule has 0 saturated carbocycles. The Kier molecular flexibility index (Phi) is 9.51. The number of carboxylic acid groups (broad SMARTS) is 3. The maximum atomic E-state index is 12.5. The van der Waals surface area contributed by atoms with Crippen LogP contribution >= 0.6 is 0 Å². The molecular formula is C16H24N4O9. The zero-order valence-corrected chi connectivity index (χ0v) is 15.5. The Bertz CT molecular complexity index is 661.